The van der Waals surface area contributed by atoms with Crippen molar-refractivity contribution in [3.8, 4) is 6.07 Å². The molecule has 1 aromatic carbocycles. The van der Waals surface area contributed by atoms with Crippen LogP contribution in [0.2, 0.25) is 0 Å². The summed E-state index contributed by atoms with van der Waals surface area (Å²) in [6.07, 6.45) is 2.31. The third kappa shape index (κ3) is 3.29. The lowest BCUT2D eigenvalue weighted by atomic mass is 9.98. The van der Waals surface area contributed by atoms with E-state index >= 15 is 0 Å². The van der Waals surface area contributed by atoms with Gasteiger partial charge in [0.15, 0.2) is 0 Å². The molecule has 0 spiro atoms. The van der Waals surface area contributed by atoms with Crippen LogP contribution in [0.15, 0.2) is 24.3 Å². The van der Waals surface area contributed by atoms with Crippen LogP contribution in [0.5, 0.6) is 0 Å². The number of aliphatic hydroxyl groups is 1. The number of rotatable bonds is 3. The third-order valence-corrected chi connectivity index (χ3v) is 3.35. The number of likely N-dealkylation sites (tertiary alicyclic amines) is 1. The average molecular weight is 230 g/mol. The van der Waals surface area contributed by atoms with Crippen molar-refractivity contribution in [3.05, 3.63) is 35.4 Å². The Balaban J connectivity index is 1.93. The molecule has 1 aliphatic rings. The van der Waals surface area contributed by atoms with Gasteiger partial charge in [-0.2, -0.15) is 5.26 Å². The van der Waals surface area contributed by atoms with Gasteiger partial charge in [0, 0.05) is 19.7 Å². The maximum absolute atomic E-state index is 9.18. The second-order valence-electron chi connectivity index (χ2n) is 4.73. The fraction of sp³-hybridized carbons (Fsp3) is 0.500. The first-order chi connectivity index (χ1) is 8.31. The van der Waals surface area contributed by atoms with Gasteiger partial charge >= 0.3 is 0 Å². The molecule has 1 fully saturated rings. The second kappa shape index (κ2) is 5.81. The monoisotopic (exact) mass is 230 g/mol. The molecule has 0 unspecified atom stereocenters. The van der Waals surface area contributed by atoms with Crippen molar-refractivity contribution in [2.45, 2.75) is 19.4 Å². The molecule has 1 aliphatic heterocycles. The predicted molar refractivity (Wildman–Crippen MR) is 66.2 cm³/mol. The second-order valence-corrected chi connectivity index (χ2v) is 4.73. The lowest BCUT2D eigenvalue weighted by Crippen LogP contribution is -2.36. The van der Waals surface area contributed by atoms with Crippen LogP contribution in [0.25, 0.3) is 0 Å². The van der Waals surface area contributed by atoms with Crippen molar-refractivity contribution in [1.29, 1.82) is 5.26 Å². The quantitative estimate of drug-likeness (QED) is 0.860. The van der Waals surface area contributed by atoms with Crippen LogP contribution in [0.3, 0.4) is 0 Å². The van der Waals surface area contributed by atoms with E-state index in [0.29, 0.717) is 18.1 Å². The topological polar surface area (TPSA) is 47.3 Å². The molecule has 3 nitrogen and oxygen atoms in total. The van der Waals surface area contributed by atoms with Crippen molar-refractivity contribution in [2.24, 2.45) is 5.92 Å². The van der Waals surface area contributed by atoms with Crippen molar-refractivity contribution < 1.29 is 5.11 Å². The zero-order valence-electron chi connectivity index (χ0n) is 9.97. The minimum Gasteiger partial charge on any atom is -0.396 e. The van der Waals surface area contributed by atoms with Gasteiger partial charge < -0.3 is 5.11 Å². The summed E-state index contributed by atoms with van der Waals surface area (Å²) < 4.78 is 0. The Bertz CT molecular complexity index is 394. The van der Waals surface area contributed by atoms with Crippen LogP contribution in [0, 0.1) is 17.2 Å². The summed E-state index contributed by atoms with van der Waals surface area (Å²) in [6, 6.07) is 9.89. The van der Waals surface area contributed by atoms with Gasteiger partial charge in [-0.3, -0.25) is 4.90 Å². The summed E-state index contributed by atoms with van der Waals surface area (Å²) in [6.45, 7) is 3.30. The summed E-state index contributed by atoms with van der Waals surface area (Å²) in [5.74, 6) is 0.433. The Hall–Kier alpha value is -1.37. The molecule has 0 amide bonds. The molecule has 17 heavy (non-hydrogen) atoms. The van der Waals surface area contributed by atoms with Crippen molar-refractivity contribution in [3.63, 3.8) is 0 Å². The first-order valence-corrected chi connectivity index (χ1v) is 6.14. The van der Waals surface area contributed by atoms with E-state index in [4.69, 9.17) is 5.26 Å². The number of hydrogen-bond donors (Lipinski definition) is 1. The summed E-state index contributed by atoms with van der Waals surface area (Å²) in [5, 5.41) is 17.9. The van der Waals surface area contributed by atoms with Gasteiger partial charge in [0.1, 0.15) is 0 Å². The minimum absolute atomic E-state index is 0.296. The van der Waals surface area contributed by atoms with Crippen LogP contribution < -0.4 is 0 Å². The molecular formula is C14H18N2O. The highest BCUT2D eigenvalue weighted by molar-refractivity contribution is 5.31. The van der Waals surface area contributed by atoms with Gasteiger partial charge in [0.05, 0.1) is 11.6 Å². The largest absolute Gasteiger partial charge is 0.396 e. The fourth-order valence-electron chi connectivity index (χ4n) is 2.39. The maximum Gasteiger partial charge on any atom is 0.0991 e. The number of nitriles is 1. The Morgan fingerprint density at radius 2 is 2.12 bits per heavy atom. The van der Waals surface area contributed by atoms with Crippen molar-refractivity contribution in [1.82, 2.24) is 4.90 Å². The molecule has 0 saturated carbocycles. The van der Waals surface area contributed by atoms with Crippen LogP contribution >= 0.6 is 0 Å². The van der Waals surface area contributed by atoms with Gasteiger partial charge in [0.25, 0.3) is 0 Å². The average Bonchev–Trinajstić information content (AvgIpc) is 2.40. The van der Waals surface area contributed by atoms with Gasteiger partial charge in [-0.15, -0.1) is 0 Å². The molecule has 1 heterocycles. The van der Waals surface area contributed by atoms with Crippen molar-refractivity contribution >= 4 is 0 Å². The summed E-state index contributed by atoms with van der Waals surface area (Å²) in [7, 11) is 0. The molecule has 1 saturated heterocycles. The van der Waals surface area contributed by atoms with Crippen LogP contribution in [0.4, 0.5) is 0 Å². The zero-order valence-corrected chi connectivity index (χ0v) is 9.97. The maximum atomic E-state index is 9.18. The molecule has 1 aromatic rings. The van der Waals surface area contributed by atoms with E-state index in [9.17, 15) is 5.11 Å². The molecule has 90 valence electrons. The Kier molecular flexibility index (Phi) is 4.13. The lowest BCUT2D eigenvalue weighted by Gasteiger charge is -2.31. The molecule has 0 aromatic heterocycles. The van der Waals surface area contributed by atoms with E-state index in [0.717, 1.165) is 26.1 Å². The molecule has 0 bridgehead atoms. The van der Waals surface area contributed by atoms with E-state index in [-0.39, 0.29) is 0 Å². The van der Waals surface area contributed by atoms with E-state index < -0.39 is 0 Å². The number of aliphatic hydroxyl groups excluding tert-OH is 1. The number of piperidine rings is 1. The minimum atomic E-state index is 0.296. The smallest absolute Gasteiger partial charge is 0.0991 e. The molecule has 1 atom stereocenters. The Labute approximate surface area is 102 Å². The normalized spacial score (nSPS) is 21.1. The van der Waals surface area contributed by atoms with Crippen LogP contribution in [0.1, 0.15) is 24.0 Å². The third-order valence-electron chi connectivity index (χ3n) is 3.35. The standard InChI is InChI=1S/C14H18N2O/c15-8-12-3-5-13(6-4-12)9-16-7-1-2-14(10-16)11-17/h3-6,14,17H,1-2,7,9-11H2/t14-/m1/s1. The number of hydrogen-bond acceptors (Lipinski definition) is 3. The predicted octanol–water partition coefficient (Wildman–Crippen LogP) is 1.76. The van der Waals surface area contributed by atoms with Gasteiger partial charge in [-0.1, -0.05) is 12.1 Å². The van der Waals surface area contributed by atoms with E-state index in [2.05, 4.69) is 11.0 Å². The molecule has 2 rings (SSSR count). The van der Waals surface area contributed by atoms with E-state index in [1.54, 1.807) is 0 Å². The highest BCUT2D eigenvalue weighted by atomic mass is 16.3. The fourth-order valence-corrected chi connectivity index (χ4v) is 2.39. The summed E-state index contributed by atoms with van der Waals surface area (Å²) in [4.78, 5) is 2.38. The Morgan fingerprint density at radius 3 is 2.76 bits per heavy atom. The molecule has 0 radical (unpaired) electrons. The summed E-state index contributed by atoms with van der Waals surface area (Å²) >= 11 is 0. The highest BCUT2D eigenvalue weighted by Gasteiger charge is 2.18. The highest BCUT2D eigenvalue weighted by Crippen LogP contribution is 2.18. The number of benzene rings is 1. The summed E-state index contributed by atoms with van der Waals surface area (Å²) in [5.41, 5.74) is 1.95. The van der Waals surface area contributed by atoms with Gasteiger partial charge in [0.2, 0.25) is 0 Å². The van der Waals surface area contributed by atoms with Crippen LogP contribution in [-0.2, 0) is 6.54 Å². The lowest BCUT2D eigenvalue weighted by molar-refractivity contribution is 0.116. The molecular weight excluding hydrogens is 212 g/mol. The SMILES string of the molecule is N#Cc1ccc(CN2CCC[C@@H](CO)C2)cc1. The van der Waals surface area contributed by atoms with Gasteiger partial charge in [-0.05, 0) is 43.0 Å². The first kappa shape index (κ1) is 12.1. The van der Waals surface area contributed by atoms with E-state index in [1.165, 1.54) is 12.0 Å². The van der Waals surface area contributed by atoms with Crippen LogP contribution in [-0.4, -0.2) is 29.7 Å². The number of nitrogens with zero attached hydrogens (tertiary/aromatic N) is 2. The molecule has 3 heteroatoms. The Morgan fingerprint density at radius 1 is 1.35 bits per heavy atom. The zero-order chi connectivity index (χ0) is 12.1. The van der Waals surface area contributed by atoms with E-state index in [1.807, 2.05) is 24.3 Å². The van der Waals surface area contributed by atoms with Crippen molar-refractivity contribution in [2.75, 3.05) is 19.7 Å². The first-order valence-electron chi connectivity index (χ1n) is 6.14. The molecule has 1 N–H and O–H groups in total. The van der Waals surface area contributed by atoms with Gasteiger partial charge in [-0.25, -0.2) is 0 Å². The molecule has 0 aliphatic carbocycles.